The number of nitrogens with zero attached hydrogens (tertiary/aromatic N) is 3. The van der Waals surface area contributed by atoms with Crippen molar-refractivity contribution in [3.8, 4) is 17.1 Å². The van der Waals surface area contributed by atoms with Gasteiger partial charge in [-0.25, -0.2) is 4.98 Å². The molecule has 19 heavy (non-hydrogen) atoms. The second kappa shape index (κ2) is 4.74. The number of rotatable bonds is 2. The Balaban J connectivity index is 2.07. The lowest BCUT2D eigenvalue weighted by Crippen LogP contribution is -2.03. The third kappa shape index (κ3) is 2.30. The van der Waals surface area contributed by atoms with Crippen LogP contribution >= 0.6 is 11.6 Å². The van der Waals surface area contributed by atoms with Crippen LogP contribution in [0.2, 0.25) is 5.02 Å². The zero-order valence-electron chi connectivity index (χ0n) is 9.99. The molecule has 0 fully saturated rings. The highest BCUT2D eigenvalue weighted by Crippen LogP contribution is 2.24. The van der Waals surface area contributed by atoms with Crippen molar-refractivity contribution in [3.63, 3.8) is 0 Å². The van der Waals surface area contributed by atoms with E-state index in [9.17, 15) is 0 Å². The van der Waals surface area contributed by atoms with Crippen LogP contribution < -0.4 is 5.73 Å². The van der Waals surface area contributed by atoms with Crippen LogP contribution in [0, 0.1) is 0 Å². The van der Waals surface area contributed by atoms with Crippen molar-refractivity contribution in [1.29, 1.82) is 0 Å². The molecule has 5 heteroatoms. The van der Waals surface area contributed by atoms with Gasteiger partial charge < -0.3 is 5.73 Å². The summed E-state index contributed by atoms with van der Waals surface area (Å²) in [6.07, 6.45) is 1.70. The fourth-order valence-electron chi connectivity index (χ4n) is 1.85. The van der Waals surface area contributed by atoms with E-state index in [1.807, 2.05) is 42.5 Å². The quantitative estimate of drug-likeness (QED) is 0.778. The first-order valence-corrected chi connectivity index (χ1v) is 6.15. The smallest absolute Gasteiger partial charge is 0.155 e. The minimum absolute atomic E-state index is 0.536. The van der Waals surface area contributed by atoms with Gasteiger partial charge in [-0.05, 0) is 24.3 Å². The van der Waals surface area contributed by atoms with E-state index in [1.165, 1.54) is 0 Å². The Morgan fingerprint density at radius 2 is 1.95 bits per heavy atom. The fourth-order valence-corrected chi connectivity index (χ4v) is 2.04. The lowest BCUT2D eigenvalue weighted by molar-refractivity contribution is 0.860. The number of benzene rings is 1. The molecule has 1 aromatic carbocycles. The van der Waals surface area contributed by atoms with Gasteiger partial charge in [0, 0.05) is 22.8 Å². The highest BCUT2D eigenvalue weighted by Gasteiger charge is 2.09. The number of aromatic nitrogens is 3. The van der Waals surface area contributed by atoms with E-state index >= 15 is 0 Å². The molecule has 0 radical (unpaired) electrons. The van der Waals surface area contributed by atoms with E-state index in [-0.39, 0.29) is 0 Å². The van der Waals surface area contributed by atoms with E-state index in [4.69, 9.17) is 17.3 Å². The van der Waals surface area contributed by atoms with Gasteiger partial charge in [0.2, 0.25) is 0 Å². The predicted octanol–water partition coefficient (Wildman–Crippen LogP) is 3.17. The first-order valence-electron chi connectivity index (χ1n) is 5.77. The van der Waals surface area contributed by atoms with Crippen molar-refractivity contribution in [2.75, 3.05) is 5.73 Å². The van der Waals surface area contributed by atoms with E-state index in [0.717, 1.165) is 11.3 Å². The van der Waals surface area contributed by atoms with Gasteiger partial charge in [0.1, 0.15) is 5.82 Å². The molecule has 0 amide bonds. The molecule has 0 bridgehead atoms. The summed E-state index contributed by atoms with van der Waals surface area (Å²) in [6, 6.07) is 14.9. The number of hydrogen-bond acceptors (Lipinski definition) is 3. The molecule has 3 rings (SSSR count). The number of anilines is 1. The molecule has 0 aliphatic rings. The van der Waals surface area contributed by atoms with Gasteiger partial charge in [0.25, 0.3) is 0 Å². The molecule has 0 saturated heterocycles. The van der Waals surface area contributed by atoms with E-state index in [0.29, 0.717) is 16.7 Å². The first-order chi connectivity index (χ1) is 9.24. The van der Waals surface area contributed by atoms with Gasteiger partial charge in [0.05, 0.1) is 5.69 Å². The zero-order valence-corrected chi connectivity index (χ0v) is 10.7. The van der Waals surface area contributed by atoms with Gasteiger partial charge in [0.15, 0.2) is 5.82 Å². The normalized spacial score (nSPS) is 10.6. The van der Waals surface area contributed by atoms with Crippen LogP contribution in [0.15, 0.2) is 54.7 Å². The Morgan fingerprint density at radius 3 is 2.68 bits per heavy atom. The molecule has 0 saturated carbocycles. The Kier molecular flexibility index (Phi) is 2.93. The van der Waals surface area contributed by atoms with Crippen LogP contribution in [-0.2, 0) is 0 Å². The standard InChI is InChI=1S/C14H11ClN4/c15-11-5-3-4-10(8-11)12-9-13(16)19(18-12)14-6-1-2-7-17-14/h1-9H,16H2. The molecule has 0 unspecified atom stereocenters. The zero-order chi connectivity index (χ0) is 13.2. The topological polar surface area (TPSA) is 56.7 Å². The summed E-state index contributed by atoms with van der Waals surface area (Å²) in [5, 5.41) is 5.13. The summed E-state index contributed by atoms with van der Waals surface area (Å²) in [4.78, 5) is 4.23. The Bertz CT molecular complexity index is 706. The average Bonchev–Trinajstić information content (AvgIpc) is 2.82. The molecule has 4 nitrogen and oxygen atoms in total. The summed E-state index contributed by atoms with van der Waals surface area (Å²) in [5.41, 5.74) is 7.67. The summed E-state index contributed by atoms with van der Waals surface area (Å²) < 4.78 is 1.61. The maximum absolute atomic E-state index is 5.98. The molecular weight excluding hydrogens is 260 g/mol. The summed E-state index contributed by atoms with van der Waals surface area (Å²) >= 11 is 5.98. The number of pyridine rings is 1. The van der Waals surface area contributed by atoms with E-state index in [2.05, 4.69) is 10.1 Å². The van der Waals surface area contributed by atoms with Gasteiger partial charge in [-0.1, -0.05) is 29.8 Å². The highest BCUT2D eigenvalue weighted by atomic mass is 35.5. The van der Waals surface area contributed by atoms with Gasteiger partial charge in [-0.2, -0.15) is 9.78 Å². The second-order valence-corrected chi connectivity index (χ2v) is 4.50. The molecule has 0 aliphatic carbocycles. The van der Waals surface area contributed by atoms with E-state index < -0.39 is 0 Å². The Hall–Kier alpha value is -2.33. The van der Waals surface area contributed by atoms with Crippen LogP contribution in [0.3, 0.4) is 0 Å². The number of halogens is 1. The average molecular weight is 271 g/mol. The van der Waals surface area contributed by atoms with E-state index in [1.54, 1.807) is 16.9 Å². The molecule has 0 aliphatic heterocycles. The number of nitrogen functional groups attached to an aromatic ring is 1. The fraction of sp³-hybridized carbons (Fsp3) is 0. The van der Waals surface area contributed by atoms with Gasteiger partial charge >= 0.3 is 0 Å². The highest BCUT2D eigenvalue weighted by molar-refractivity contribution is 6.30. The first kappa shape index (κ1) is 11.7. The van der Waals surface area contributed by atoms with Crippen LogP contribution in [0.25, 0.3) is 17.1 Å². The van der Waals surface area contributed by atoms with Crippen molar-refractivity contribution >= 4 is 17.4 Å². The SMILES string of the molecule is Nc1cc(-c2cccc(Cl)c2)nn1-c1ccccn1. The van der Waals surface area contributed by atoms with Crippen molar-refractivity contribution in [2.45, 2.75) is 0 Å². The lowest BCUT2D eigenvalue weighted by Gasteiger charge is -2.01. The predicted molar refractivity (Wildman–Crippen MR) is 76.2 cm³/mol. The minimum Gasteiger partial charge on any atom is -0.384 e. The van der Waals surface area contributed by atoms with Gasteiger partial charge in [-0.15, -0.1) is 0 Å². The number of hydrogen-bond donors (Lipinski definition) is 1. The molecule has 3 aromatic rings. The lowest BCUT2D eigenvalue weighted by atomic mass is 10.1. The molecule has 2 aromatic heterocycles. The van der Waals surface area contributed by atoms with Crippen LogP contribution in [-0.4, -0.2) is 14.8 Å². The maximum Gasteiger partial charge on any atom is 0.155 e. The van der Waals surface area contributed by atoms with Crippen molar-refractivity contribution in [2.24, 2.45) is 0 Å². The van der Waals surface area contributed by atoms with Crippen LogP contribution in [0.1, 0.15) is 0 Å². The summed E-state index contributed by atoms with van der Waals surface area (Å²) in [7, 11) is 0. The molecule has 0 spiro atoms. The molecule has 0 atom stereocenters. The molecule has 2 N–H and O–H groups in total. The summed E-state index contributed by atoms with van der Waals surface area (Å²) in [5.74, 6) is 1.22. The largest absolute Gasteiger partial charge is 0.384 e. The molecule has 94 valence electrons. The third-order valence-electron chi connectivity index (χ3n) is 2.72. The molecule has 2 heterocycles. The monoisotopic (exact) mass is 270 g/mol. The van der Waals surface area contributed by atoms with Gasteiger partial charge in [-0.3, -0.25) is 0 Å². The van der Waals surface area contributed by atoms with Crippen molar-refractivity contribution in [3.05, 3.63) is 59.8 Å². The second-order valence-electron chi connectivity index (χ2n) is 4.06. The number of nitrogens with two attached hydrogens (primary N) is 1. The van der Waals surface area contributed by atoms with Crippen LogP contribution in [0.4, 0.5) is 5.82 Å². The minimum atomic E-state index is 0.536. The maximum atomic E-state index is 5.98. The Morgan fingerprint density at radius 1 is 1.05 bits per heavy atom. The third-order valence-corrected chi connectivity index (χ3v) is 2.96. The summed E-state index contributed by atoms with van der Waals surface area (Å²) in [6.45, 7) is 0. The molecular formula is C14H11ClN4. The van der Waals surface area contributed by atoms with Crippen molar-refractivity contribution in [1.82, 2.24) is 14.8 Å². The van der Waals surface area contributed by atoms with Crippen molar-refractivity contribution < 1.29 is 0 Å². The Labute approximate surface area is 115 Å². The van der Waals surface area contributed by atoms with Crippen LogP contribution in [0.5, 0.6) is 0 Å².